The Bertz CT molecular complexity index is 373. The molecule has 3 nitrogen and oxygen atoms in total. The molecule has 0 saturated heterocycles. The van der Waals surface area contributed by atoms with Crippen LogP contribution in [0.25, 0.3) is 0 Å². The van der Waals surface area contributed by atoms with Crippen LogP contribution in [0.2, 0.25) is 0 Å². The second-order valence-electron chi connectivity index (χ2n) is 5.32. The molecule has 18 heavy (non-hydrogen) atoms. The lowest BCUT2D eigenvalue weighted by atomic mass is 9.90. The van der Waals surface area contributed by atoms with E-state index in [9.17, 15) is 0 Å². The quantitative estimate of drug-likeness (QED) is 0.871. The lowest BCUT2D eigenvalue weighted by Crippen LogP contribution is -2.14. The van der Waals surface area contributed by atoms with Crippen LogP contribution in [0.15, 0.2) is 12.4 Å². The molecule has 2 N–H and O–H groups in total. The van der Waals surface area contributed by atoms with Gasteiger partial charge in [0.05, 0.1) is 6.61 Å². The first-order valence-electron chi connectivity index (χ1n) is 7.01. The van der Waals surface area contributed by atoms with Crippen LogP contribution in [-0.4, -0.2) is 11.6 Å². The summed E-state index contributed by atoms with van der Waals surface area (Å²) in [5.74, 6) is 0.762. The lowest BCUT2D eigenvalue weighted by molar-refractivity contribution is 0.0733. The van der Waals surface area contributed by atoms with Crippen LogP contribution in [0.5, 0.6) is 0 Å². The summed E-state index contributed by atoms with van der Waals surface area (Å²) in [5.41, 5.74) is 9.28. The number of hydrogen-bond donors (Lipinski definition) is 1. The molecule has 1 heterocycles. The van der Waals surface area contributed by atoms with Crippen LogP contribution >= 0.6 is 0 Å². The largest absolute Gasteiger partial charge is 0.376 e. The van der Waals surface area contributed by atoms with Crippen molar-refractivity contribution in [3.63, 3.8) is 0 Å². The molecule has 1 saturated carbocycles. The fourth-order valence-electron chi connectivity index (χ4n) is 2.75. The number of rotatable bonds is 5. The van der Waals surface area contributed by atoms with Gasteiger partial charge in [-0.3, -0.25) is 4.98 Å². The summed E-state index contributed by atoms with van der Waals surface area (Å²) in [5, 5.41) is 0. The Morgan fingerprint density at radius 3 is 2.78 bits per heavy atom. The minimum Gasteiger partial charge on any atom is -0.376 e. The molecule has 1 aromatic heterocycles. The lowest BCUT2D eigenvalue weighted by Gasteiger charge is -2.21. The molecule has 0 radical (unpaired) electrons. The molecule has 0 unspecified atom stereocenters. The van der Waals surface area contributed by atoms with Gasteiger partial charge in [0, 0.05) is 31.1 Å². The van der Waals surface area contributed by atoms with Crippen LogP contribution < -0.4 is 5.73 Å². The Kier molecular flexibility index (Phi) is 5.14. The van der Waals surface area contributed by atoms with Gasteiger partial charge < -0.3 is 10.5 Å². The summed E-state index contributed by atoms with van der Waals surface area (Å²) in [6.07, 6.45) is 10.5. The van der Waals surface area contributed by atoms with E-state index < -0.39 is 0 Å². The van der Waals surface area contributed by atoms with Crippen molar-refractivity contribution >= 4 is 0 Å². The number of nitrogens with zero attached hydrogens (tertiary/aromatic N) is 1. The van der Waals surface area contributed by atoms with Crippen LogP contribution in [0.1, 0.15) is 48.8 Å². The summed E-state index contributed by atoms with van der Waals surface area (Å²) in [4.78, 5) is 4.22. The molecule has 0 aliphatic heterocycles. The third-order valence-corrected chi connectivity index (χ3v) is 3.90. The van der Waals surface area contributed by atoms with Crippen LogP contribution in [0, 0.1) is 12.8 Å². The van der Waals surface area contributed by atoms with Crippen LogP contribution in [-0.2, 0) is 17.9 Å². The maximum atomic E-state index is 5.86. The van der Waals surface area contributed by atoms with Crippen molar-refractivity contribution in [2.45, 2.75) is 52.2 Å². The van der Waals surface area contributed by atoms with Crippen molar-refractivity contribution in [1.82, 2.24) is 4.98 Å². The predicted octanol–water partition coefficient (Wildman–Crippen LogP) is 2.95. The molecule has 3 heteroatoms. The molecule has 100 valence electrons. The highest BCUT2D eigenvalue weighted by Crippen LogP contribution is 2.24. The van der Waals surface area contributed by atoms with E-state index in [-0.39, 0.29) is 0 Å². The van der Waals surface area contributed by atoms with Gasteiger partial charge in [-0.05, 0) is 36.8 Å². The topological polar surface area (TPSA) is 48.1 Å². The molecule has 0 aromatic carbocycles. The number of hydrogen-bond acceptors (Lipinski definition) is 3. The molecule has 1 aliphatic carbocycles. The van der Waals surface area contributed by atoms with Crippen molar-refractivity contribution in [3.05, 3.63) is 29.1 Å². The summed E-state index contributed by atoms with van der Waals surface area (Å²) >= 11 is 0. The average molecular weight is 248 g/mol. The Balaban J connectivity index is 1.84. The highest BCUT2D eigenvalue weighted by atomic mass is 16.5. The van der Waals surface area contributed by atoms with Gasteiger partial charge in [0.1, 0.15) is 0 Å². The SMILES string of the molecule is Cc1cncc(COCC2CCCCC2)c1CN. The summed E-state index contributed by atoms with van der Waals surface area (Å²) < 4.78 is 5.86. The zero-order valence-electron chi connectivity index (χ0n) is 11.3. The Hall–Kier alpha value is -0.930. The van der Waals surface area contributed by atoms with Gasteiger partial charge >= 0.3 is 0 Å². The zero-order chi connectivity index (χ0) is 12.8. The van der Waals surface area contributed by atoms with E-state index >= 15 is 0 Å². The average Bonchev–Trinajstić information content (AvgIpc) is 2.40. The number of aromatic nitrogens is 1. The molecular weight excluding hydrogens is 224 g/mol. The molecule has 0 atom stereocenters. The zero-order valence-corrected chi connectivity index (χ0v) is 11.3. The second kappa shape index (κ2) is 6.86. The van der Waals surface area contributed by atoms with Gasteiger partial charge in [0.15, 0.2) is 0 Å². The third kappa shape index (κ3) is 3.53. The van der Waals surface area contributed by atoms with Crippen molar-refractivity contribution in [2.75, 3.05) is 6.61 Å². The first-order chi connectivity index (χ1) is 8.81. The van der Waals surface area contributed by atoms with E-state index in [0.717, 1.165) is 23.7 Å². The van der Waals surface area contributed by atoms with Crippen molar-refractivity contribution in [1.29, 1.82) is 0 Å². The number of ether oxygens (including phenoxy) is 1. The maximum Gasteiger partial charge on any atom is 0.0735 e. The summed E-state index contributed by atoms with van der Waals surface area (Å²) in [7, 11) is 0. The van der Waals surface area contributed by atoms with E-state index in [1.165, 1.54) is 37.7 Å². The predicted molar refractivity (Wildman–Crippen MR) is 73.1 cm³/mol. The molecular formula is C15H24N2O. The summed E-state index contributed by atoms with van der Waals surface area (Å²) in [6, 6.07) is 0. The van der Waals surface area contributed by atoms with Gasteiger partial charge in [0.25, 0.3) is 0 Å². The monoisotopic (exact) mass is 248 g/mol. The summed E-state index contributed by atoms with van der Waals surface area (Å²) in [6.45, 7) is 4.16. The normalized spacial score (nSPS) is 17.0. The molecule has 0 spiro atoms. The minimum atomic E-state index is 0.566. The van der Waals surface area contributed by atoms with Crippen LogP contribution in [0.3, 0.4) is 0 Å². The van der Waals surface area contributed by atoms with E-state index in [0.29, 0.717) is 13.2 Å². The fourth-order valence-corrected chi connectivity index (χ4v) is 2.75. The van der Waals surface area contributed by atoms with Gasteiger partial charge in [-0.25, -0.2) is 0 Å². The van der Waals surface area contributed by atoms with E-state index in [1.54, 1.807) is 0 Å². The van der Waals surface area contributed by atoms with Crippen molar-refractivity contribution in [3.8, 4) is 0 Å². The van der Waals surface area contributed by atoms with Crippen molar-refractivity contribution in [2.24, 2.45) is 11.7 Å². The first kappa shape index (κ1) is 13.5. The van der Waals surface area contributed by atoms with Gasteiger partial charge in [-0.2, -0.15) is 0 Å². The molecule has 1 aliphatic rings. The van der Waals surface area contributed by atoms with Gasteiger partial charge in [-0.15, -0.1) is 0 Å². The van der Waals surface area contributed by atoms with Gasteiger partial charge in [0.2, 0.25) is 0 Å². The molecule has 1 fully saturated rings. The number of nitrogens with two attached hydrogens (primary N) is 1. The first-order valence-corrected chi connectivity index (χ1v) is 7.01. The number of aryl methyl sites for hydroxylation is 1. The minimum absolute atomic E-state index is 0.566. The van der Waals surface area contributed by atoms with E-state index in [4.69, 9.17) is 10.5 Å². The second-order valence-corrected chi connectivity index (χ2v) is 5.32. The standard InChI is InChI=1S/C15H24N2O/c1-12-8-17-9-14(15(12)7-16)11-18-10-13-5-3-2-4-6-13/h8-9,13H,2-7,10-11,16H2,1H3. The third-order valence-electron chi connectivity index (χ3n) is 3.90. The molecule has 2 rings (SSSR count). The van der Waals surface area contributed by atoms with Crippen molar-refractivity contribution < 1.29 is 4.74 Å². The highest BCUT2D eigenvalue weighted by molar-refractivity contribution is 5.30. The molecule has 1 aromatic rings. The smallest absolute Gasteiger partial charge is 0.0735 e. The van der Waals surface area contributed by atoms with Crippen LogP contribution in [0.4, 0.5) is 0 Å². The molecule has 0 amide bonds. The van der Waals surface area contributed by atoms with E-state index in [1.807, 2.05) is 12.4 Å². The Morgan fingerprint density at radius 2 is 2.06 bits per heavy atom. The number of pyridine rings is 1. The Morgan fingerprint density at radius 1 is 1.28 bits per heavy atom. The molecule has 0 bridgehead atoms. The highest BCUT2D eigenvalue weighted by Gasteiger charge is 2.13. The fraction of sp³-hybridized carbons (Fsp3) is 0.667. The van der Waals surface area contributed by atoms with Gasteiger partial charge in [-0.1, -0.05) is 19.3 Å². The maximum absolute atomic E-state index is 5.86. The van der Waals surface area contributed by atoms with E-state index in [2.05, 4.69) is 11.9 Å². The Labute approximate surface area is 110 Å².